The molecule has 3 aliphatic heterocycles. The average Bonchev–Trinajstić information content (AvgIpc) is 2.84. The number of unbranched alkanes of at least 4 members (excludes halogenated alkanes) is 1. The highest BCUT2D eigenvalue weighted by Crippen LogP contribution is 2.31. The Bertz CT molecular complexity index is 697. The summed E-state index contributed by atoms with van der Waals surface area (Å²) in [5.74, 6) is 1.89. The van der Waals surface area contributed by atoms with Gasteiger partial charge in [-0.3, -0.25) is 14.8 Å². The van der Waals surface area contributed by atoms with Crippen LogP contribution >= 0.6 is 24.0 Å². The molecule has 4 rings (SSSR count). The molecule has 33 heavy (non-hydrogen) atoms. The first kappa shape index (κ1) is 26.7. The van der Waals surface area contributed by atoms with E-state index in [-0.39, 0.29) is 24.0 Å². The molecule has 0 spiro atoms. The van der Waals surface area contributed by atoms with Gasteiger partial charge in [-0.25, -0.2) is 0 Å². The molecule has 1 aromatic carbocycles. The number of hydrogen-bond acceptors (Lipinski definition) is 4. The lowest BCUT2D eigenvalue weighted by atomic mass is 9.83. The van der Waals surface area contributed by atoms with Gasteiger partial charge in [0.2, 0.25) is 0 Å². The third-order valence-corrected chi connectivity index (χ3v) is 7.29. The Morgan fingerprint density at radius 1 is 1.06 bits per heavy atom. The lowest BCUT2D eigenvalue weighted by Crippen LogP contribution is -2.56. The van der Waals surface area contributed by atoms with Gasteiger partial charge in [0.25, 0.3) is 0 Å². The van der Waals surface area contributed by atoms with Gasteiger partial charge in [-0.05, 0) is 63.6 Å². The molecule has 3 fully saturated rings. The summed E-state index contributed by atoms with van der Waals surface area (Å²) in [5, 5.41) is 3.57. The summed E-state index contributed by atoms with van der Waals surface area (Å²) in [6.45, 7) is 13.8. The van der Waals surface area contributed by atoms with Crippen LogP contribution in [0.15, 0.2) is 35.3 Å². The number of morpholine rings is 1. The van der Waals surface area contributed by atoms with Gasteiger partial charge < -0.3 is 15.0 Å². The van der Waals surface area contributed by atoms with E-state index in [1.807, 2.05) is 0 Å². The lowest BCUT2D eigenvalue weighted by molar-refractivity contribution is 0.0369. The third kappa shape index (κ3) is 8.08. The van der Waals surface area contributed by atoms with Crippen LogP contribution in [0, 0.1) is 5.92 Å². The minimum absolute atomic E-state index is 0. The zero-order valence-electron chi connectivity index (χ0n) is 20.5. The van der Waals surface area contributed by atoms with E-state index in [1.54, 1.807) is 0 Å². The largest absolute Gasteiger partial charge is 0.379 e. The SMILES string of the molecule is CCNC(=NCCCCN1CCOCC1)N1CCC2C(CCCN2Cc2ccccc2)C1.I. The number of rotatable bonds is 8. The number of aliphatic imine (C=N–C) groups is 1. The highest BCUT2D eigenvalue weighted by Gasteiger charge is 2.36. The first-order valence-corrected chi connectivity index (χ1v) is 12.9. The Morgan fingerprint density at radius 3 is 2.67 bits per heavy atom. The van der Waals surface area contributed by atoms with Gasteiger partial charge in [-0.1, -0.05) is 30.3 Å². The molecule has 3 saturated heterocycles. The summed E-state index contributed by atoms with van der Waals surface area (Å²) < 4.78 is 5.45. The Morgan fingerprint density at radius 2 is 1.88 bits per heavy atom. The van der Waals surface area contributed by atoms with Crippen LogP contribution in [0.3, 0.4) is 0 Å². The van der Waals surface area contributed by atoms with Crippen molar-refractivity contribution in [2.75, 3.05) is 65.6 Å². The molecular formula is C26H44IN5O. The second-order valence-electron chi connectivity index (χ2n) is 9.56. The second-order valence-corrected chi connectivity index (χ2v) is 9.56. The van der Waals surface area contributed by atoms with Crippen molar-refractivity contribution in [3.05, 3.63) is 35.9 Å². The molecule has 1 aromatic rings. The molecule has 0 bridgehead atoms. The summed E-state index contributed by atoms with van der Waals surface area (Å²) in [6, 6.07) is 11.7. The summed E-state index contributed by atoms with van der Waals surface area (Å²) in [5.41, 5.74) is 1.45. The Labute approximate surface area is 218 Å². The monoisotopic (exact) mass is 569 g/mol. The minimum atomic E-state index is 0. The van der Waals surface area contributed by atoms with Crippen molar-refractivity contribution in [2.45, 2.75) is 51.6 Å². The van der Waals surface area contributed by atoms with Crippen LogP contribution in [-0.2, 0) is 11.3 Å². The maximum Gasteiger partial charge on any atom is 0.193 e. The lowest BCUT2D eigenvalue weighted by Gasteiger charge is -2.48. The molecule has 0 saturated carbocycles. The standard InChI is InChI=1S/C26H43N5O.HI/c1-2-27-26(28-13-6-7-14-29-17-19-32-20-18-29)31-16-12-25-24(22-31)11-8-15-30(25)21-23-9-4-3-5-10-23;/h3-5,9-10,24-25H,2,6-8,11-22H2,1H3,(H,27,28);1H. The molecule has 3 heterocycles. The van der Waals surface area contributed by atoms with Gasteiger partial charge in [-0.15, -0.1) is 24.0 Å². The van der Waals surface area contributed by atoms with E-state index in [4.69, 9.17) is 9.73 Å². The number of piperidine rings is 2. The van der Waals surface area contributed by atoms with E-state index < -0.39 is 0 Å². The molecule has 7 heteroatoms. The molecule has 2 atom stereocenters. The zero-order chi connectivity index (χ0) is 22.0. The number of fused-ring (bicyclic) bond motifs is 1. The normalized spacial score (nSPS) is 24.8. The van der Waals surface area contributed by atoms with Gasteiger partial charge in [0.05, 0.1) is 13.2 Å². The second kappa shape index (κ2) is 14.5. The van der Waals surface area contributed by atoms with Crippen molar-refractivity contribution < 1.29 is 4.74 Å². The van der Waals surface area contributed by atoms with E-state index >= 15 is 0 Å². The zero-order valence-corrected chi connectivity index (χ0v) is 22.8. The molecule has 6 nitrogen and oxygen atoms in total. The Balaban J connectivity index is 0.00000306. The third-order valence-electron chi connectivity index (χ3n) is 7.29. The van der Waals surface area contributed by atoms with Crippen LogP contribution in [-0.4, -0.2) is 92.3 Å². The fourth-order valence-corrected chi connectivity index (χ4v) is 5.60. The van der Waals surface area contributed by atoms with Crippen LogP contribution in [0.4, 0.5) is 0 Å². The van der Waals surface area contributed by atoms with Crippen molar-refractivity contribution in [1.82, 2.24) is 20.0 Å². The Hall–Kier alpha value is -0.900. The maximum absolute atomic E-state index is 5.45. The average molecular weight is 570 g/mol. The van der Waals surface area contributed by atoms with E-state index in [0.29, 0.717) is 0 Å². The summed E-state index contributed by atoms with van der Waals surface area (Å²) >= 11 is 0. The van der Waals surface area contributed by atoms with E-state index in [9.17, 15) is 0 Å². The molecule has 0 aromatic heterocycles. The van der Waals surface area contributed by atoms with Gasteiger partial charge in [0.1, 0.15) is 0 Å². The quantitative estimate of drug-likeness (QED) is 0.224. The van der Waals surface area contributed by atoms with Crippen LogP contribution in [0.2, 0.25) is 0 Å². The van der Waals surface area contributed by atoms with E-state index in [2.05, 4.69) is 57.3 Å². The van der Waals surface area contributed by atoms with Gasteiger partial charge in [0, 0.05) is 51.9 Å². The first-order chi connectivity index (χ1) is 15.8. The first-order valence-electron chi connectivity index (χ1n) is 12.9. The molecule has 186 valence electrons. The smallest absolute Gasteiger partial charge is 0.193 e. The van der Waals surface area contributed by atoms with E-state index in [0.717, 1.165) is 83.4 Å². The number of likely N-dealkylation sites (tertiary alicyclic amines) is 2. The number of hydrogen-bond donors (Lipinski definition) is 1. The summed E-state index contributed by atoms with van der Waals surface area (Å²) in [4.78, 5) is 12.8. The van der Waals surface area contributed by atoms with Crippen LogP contribution in [0.5, 0.6) is 0 Å². The van der Waals surface area contributed by atoms with Crippen molar-refractivity contribution in [1.29, 1.82) is 0 Å². The molecule has 2 unspecified atom stereocenters. The van der Waals surface area contributed by atoms with Gasteiger partial charge in [0.15, 0.2) is 5.96 Å². The molecule has 3 aliphatic rings. The number of nitrogens with zero attached hydrogens (tertiary/aromatic N) is 4. The van der Waals surface area contributed by atoms with Crippen LogP contribution < -0.4 is 5.32 Å². The maximum atomic E-state index is 5.45. The van der Waals surface area contributed by atoms with Gasteiger partial charge in [-0.2, -0.15) is 0 Å². The number of halogens is 1. The Kier molecular flexibility index (Phi) is 11.7. The predicted molar refractivity (Wildman–Crippen MR) is 147 cm³/mol. The van der Waals surface area contributed by atoms with Crippen molar-refractivity contribution in [3.8, 4) is 0 Å². The number of guanidine groups is 1. The van der Waals surface area contributed by atoms with E-state index in [1.165, 1.54) is 44.3 Å². The molecule has 0 aliphatic carbocycles. The fourth-order valence-electron chi connectivity index (χ4n) is 5.60. The van der Waals surface area contributed by atoms with Crippen molar-refractivity contribution in [2.24, 2.45) is 10.9 Å². The number of benzene rings is 1. The summed E-state index contributed by atoms with van der Waals surface area (Å²) in [6.07, 6.45) is 6.31. The molecular weight excluding hydrogens is 525 g/mol. The van der Waals surface area contributed by atoms with Crippen LogP contribution in [0.1, 0.15) is 44.6 Å². The summed E-state index contributed by atoms with van der Waals surface area (Å²) in [7, 11) is 0. The highest BCUT2D eigenvalue weighted by atomic mass is 127. The predicted octanol–water partition coefficient (Wildman–Crippen LogP) is 3.67. The molecule has 0 amide bonds. The van der Waals surface area contributed by atoms with Gasteiger partial charge >= 0.3 is 0 Å². The fraction of sp³-hybridized carbons (Fsp3) is 0.731. The molecule has 1 N–H and O–H groups in total. The molecule has 0 radical (unpaired) electrons. The van der Waals surface area contributed by atoms with Crippen molar-refractivity contribution >= 4 is 29.9 Å². The minimum Gasteiger partial charge on any atom is -0.379 e. The highest BCUT2D eigenvalue weighted by molar-refractivity contribution is 14.0. The number of nitrogens with one attached hydrogen (secondary N) is 1. The van der Waals surface area contributed by atoms with Crippen LogP contribution in [0.25, 0.3) is 0 Å². The van der Waals surface area contributed by atoms with Crippen molar-refractivity contribution in [3.63, 3.8) is 0 Å². The topological polar surface area (TPSA) is 43.3 Å². The number of ether oxygens (including phenoxy) is 1.